The van der Waals surface area contributed by atoms with Crippen LogP contribution < -0.4 is 0 Å². The second-order valence-corrected chi connectivity index (χ2v) is 7.28. The van der Waals surface area contributed by atoms with Gasteiger partial charge in [0.05, 0.1) is 0 Å². The molecule has 0 bridgehead atoms. The lowest BCUT2D eigenvalue weighted by Gasteiger charge is -2.26. The summed E-state index contributed by atoms with van der Waals surface area (Å²) in [7, 11) is 0. The minimum atomic E-state index is 0.698. The summed E-state index contributed by atoms with van der Waals surface area (Å²) in [5, 5.41) is 0.797. The predicted molar refractivity (Wildman–Crippen MR) is 103 cm³/mol. The van der Waals surface area contributed by atoms with Gasteiger partial charge in [-0.25, -0.2) is 0 Å². The van der Waals surface area contributed by atoms with Crippen LogP contribution in [0.2, 0.25) is 5.02 Å². The first kappa shape index (κ1) is 17.2. The molecule has 1 aromatic heterocycles. The van der Waals surface area contributed by atoms with E-state index in [2.05, 4.69) is 49.5 Å². The fourth-order valence-corrected chi connectivity index (χ4v) is 3.79. The largest absolute Gasteiger partial charge is 0.261 e. The van der Waals surface area contributed by atoms with Crippen molar-refractivity contribution in [1.82, 2.24) is 4.98 Å². The first-order chi connectivity index (χ1) is 11.7. The van der Waals surface area contributed by atoms with E-state index in [9.17, 15) is 0 Å². The average Bonchev–Trinajstić information content (AvgIpc) is 2.63. The molecule has 0 aliphatic heterocycles. The van der Waals surface area contributed by atoms with Gasteiger partial charge >= 0.3 is 0 Å². The molecule has 0 radical (unpaired) electrons. The Balaban J connectivity index is 1.53. The van der Waals surface area contributed by atoms with Gasteiger partial charge in [0.1, 0.15) is 0 Å². The summed E-state index contributed by atoms with van der Waals surface area (Å²) in [4.78, 5) is 4.70. The van der Waals surface area contributed by atoms with Crippen molar-refractivity contribution in [3.63, 3.8) is 0 Å². The highest BCUT2D eigenvalue weighted by Gasteiger charge is 2.20. The van der Waals surface area contributed by atoms with Crippen molar-refractivity contribution >= 4 is 11.6 Å². The third kappa shape index (κ3) is 4.70. The highest BCUT2D eigenvalue weighted by Crippen LogP contribution is 2.36. The molecule has 1 heterocycles. The second kappa shape index (κ2) is 8.48. The van der Waals surface area contributed by atoms with Crippen LogP contribution in [0.3, 0.4) is 0 Å². The monoisotopic (exact) mass is 339 g/mol. The van der Waals surface area contributed by atoms with E-state index in [1.54, 1.807) is 0 Å². The Morgan fingerprint density at radius 2 is 1.75 bits per heavy atom. The van der Waals surface area contributed by atoms with Crippen molar-refractivity contribution < 1.29 is 0 Å². The van der Waals surface area contributed by atoms with E-state index in [4.69, 9.17) is 16.6 Å². The number of hydrogen-bond acceptors (Lipinski definition) is 1. The maximum atomic E-state index is 5.93. The lowest BCUT2D eigenvalue weighted by molar-refractivity contribution is 0.375. The summed E-state index contributed by atoms with van der Waals surface area (Å²) in [6, 6.07) is 12.6. The van der Waals surface area contributed by atoms with Crippen LogP contribution in [0.25, 0.3) is 0 Å². The molecule has 0 amide bonds. The van der Waals surface area contributed by atoms with Gasteiger partial charge in [-0.2, -0.15) is 0 Å². The van der Waals surface area contributed by atoms with Crippen molar-refractivity contribution in [1.29, 1.82) is 0 Å². The molecule has 24 heavy (non-hydrogen) atoms. The summed E-state index contributed by atoms with van der Waals surface area (Å²) in [5.41, 5.74) is 3.91. The summed E-state index contributed by atoms with van der Waals surface area (Å²) >= 11 is 5.93. The van der Waals surface area contributed by atoms with Crippen LogP contribution in [0.4, 0.5) is 0 Å². The van der Waals surface area contributed by atoms with E-state index >= 15 is 0 Å². The number of hydrogen-bond donors (Lipinski definition) is 0. The minimum Gasteiger partial charge on any atom is -0.261 e. The molecular formula is C22H26ClN. The van der Waals surface area contributed by atoms with Gasteiger partial charge in [0.2, 0.25) is 0 Å². The van der Waals surface area contributed by atoms with E-state index in [-0.39, 0.29) is 0 Å². The third-order valence-electron chi connectivity index (χ3n) is 5.14. The standard InChI is InChI=1S/C22H26ClN/c1-2-3-17-4-9-19(10-5-17)20-11-15-22(24-16-20)14-8-18-6-12-21(23)13-7-18/h2-3,6-7,11-13,15-17,19H,4-5,8-10,14H2,1H3/b3-2+. The smallest absolute Gasteiger partial charge is 0.0407 e. The molecule has 3 rings (SSSR count). The van der Waals surface area contributed by atoms with E-state index in [1.807, 2.05) is 12.1 Å². The third-order valence-corrected chi connectivity index (χ3v) is 5.39. The SMILES string of the molecule is C/C=C/C1CCC(c2ccc(CCc3ccc(Cl)cc3)nc2)CC1. The second-order valence-electron chi connectivity index (χ2n) is 6.85. The number of halogens is 1. The summed E-state index contributed by atoms with van der Waals surface area (Å²) in [6.45, 7) is 2.12. The van der Waals surface area contributed by atoms with E-state index in [0.717, 1.165) is 23.8 Å². The van der Waals surface area contributed by atoms with Crippen molar-refractivity contribution in [2.24, 2.45) is 5.92 Å². The molecule has 1 aliphatic rings. The maximum absolute atomic E-state index is 5.93. The summed E-state index contributed by atoms with van der Waals surface area (Å²) in [6.07, 6.45) is 13.9. The van der Waals surface area contributed by atoms with E-state index in [0.29, 0.717) is 5.92 Å². The number of aryl methyl sites for hydroxylation is 2. The molecular weight excluding hydrogens is 314 g/mol. The Labute approximate surface area is 150 Å². The van der Waals surface area contributed by atoms with Crippen LogP contribution in [-0.2, 0) is 12.8 Å². The molecule has 0 N–H and O–H groups in total. The van der Waals surface area contributed by atoms with Gasteiger partial charge < -0.3 is 0 Å². The first-order valence-electron chi connectivity index (χ1n) is 9.06. The molecule has 0 spiro atoms. The normalized spacial score (nSPS) is 21.2. The molecule has 2 aromatic rings. The van der Waals surface area contributed by atoms with Crippen LogP contribution in [0.1, 0.15) is 55.3 Å². The van der Waals surface area contributed by atoms with E-state index in [1.165, 1.54) is 42.5 Å². The summed E-state index contributed by atoms with van der Waals surface area (Å²) in [5.74, 6) is 1.49. The Hall–Kier alpha value is -1.60. The number of nitrogens with zero attached hydrogens (tertiary/aromatic N) is 1. The molecule has 1 aromatic carbocycles. The Morgan fingerprint density at radius 3 is 2.38 bits per heavy atom. The zero-order valence-corrected chi connectivity index (χ0v) is 15.2. The zero-order chi connectivity index (χ0) is 16.8. The quantitative estimate of drug-likeness (QED) is 0.577. The number of rotatable bonds is 5. The van der Waals surface area contributed by atoms with Gasteiger partial charge in [0, 0.05) is 16.9 Å². The summed E-state index contributed by atoms with van der Waals surface area (Å²) < 4.78 is 0. The molecule has 0 unspecified atom stereocenters. The number of benzene rings is 1. The van der Waals surface area contributed by atoms with Crippen molar-refractivity contribution in [3.8, 4) is 0 Å². The molecule has 1 nitrogen and oxygen atoms in total. The van der Waals surface area contributed by atoms with Gasteiger partial charge in [0.15, 0.2) is 0 Å². The van der Waals surface area contributed by atoms with Gasteiger partial charge in [-0.05, 0) is 86.6 Å². The Kier molecular flexibility index (Phi) is 6.09. The highest BCUT2D eigenvalue weighted by atomic mass is 35.5. The lowest BCUT2D eigenvalue weighted by Crippen LogP contribution is -2.12. The topological polar surface area (TPSA) is 12.9 Å². The van der Waals surface area contributed by atoms with E-state index < -0.39 is 0 Å². The van der Waals surface area contributed by atoms with Gasteiger partial charge in [-0.3, -0.25) is 4.98 Å². The van der Waals surface area contributed by atoms with Crippen molar-refractivity contribution in [2.45, 2.75) is 51.4 Å². The molecule has 2 heteroatoms. The predicted octanol–water partition coefficient (Wildman–Crippen LogP) is 6.37. The minimum absolute atomic E-state index is 0.698. The van der Waals surface area contributed by atoms with Crippen LogP contribution in [0, 0.1) is 5.92 Å². The Bertz CT molecular complexity index is 649. The number of allylic oxidation sites excluding steroid dienone is 2. The van der Waals surface area contributed by atoms with Crippen molar-refractivity contribution in [2.75, 3.05) is 0 Å². The molecule has 1 fully saturated rings. The first-order valence-corrected chi connectivity index (χ1v) is 9.44. The van der Waals surface area contributed by atoms with Crippen molar-refractivity contribution in [3.05, 3.63) is 76.6 Å². The van der Waals surface area contributed by atoms with Gasteiger partial charge in [0.25, 0.3) is 0 Å². The van der Waals surface area contributed by atoms with Crippen LogP contribution >= 0.6 is 11.6 Å². The van der Waals surface area contributed by atoms with Crippen LogP contribution in [0.15, 0.2) is 54.7 Å². The fourth-order valence-electron chi connectivity index (χ4n) is 3.67. The molecule has 126 valence electrons. The van der Waals surface area contributed by atoms with Crippen LogP contribution in [-0.4, -0.2) is 4.98 Å². The zero-order valence-electron chi connectivity index (χ0n) is 14.4. The number of pyridine rings is 1. The molecule has 0 saturated heterocycles. The number of aromatic nitrogens is 1. The average molecular weight is 340 g/mol. The lowest BCUT2D eigenvalue weighted by atomic mass is 9.79. The molecule has 1 aliphatic carbocycles. The molecule has 1 saturated carbocycles. The van der Waals surface area contributed by atoms with Gasteiger partial charge in [-0.1, -0.05) is 42.0 Å². The fraction of sp³-hybridized carbons (Fsp3) is 0.409. The highest BCUT2D eigenvalue weighted by molar-refractivity contribution is 6.30. The molecule has 0 atom stereocenters. The van der Waals surface area contributed by atoms with Gasteiger partial charge in [-0.15, -0.1) is 0 Å². The Morgan fingerprint density at radius 1 is 1.00 bits per heavy atom. The van der Waals surface area contributed by atoms with Crippen LogP contribution in [0.5, 0.6) is 0 Å². The maximum Gasteiger partial charge on any atom is 0.0407 e.